The molecule has 0 bridgehead atoms. The Morgan fingerprint density at radius 1 is 1.12 bits per heavy atom. The normalized spacial score (nSPS) is 23.6. The lowest BCUT2D eigenvalue weighted by molar-refractivity contribution is -0.125. The summed E-state index contributed by atoms with van der Waals surface area (Å²) in [7, 11) is 1.81. The maximum atomic E-state index is 13.3. The molecule has 1 aliphatic carbocycles. The van der Waals surface area contributed by atoms with Gasteiger partial charge in [0, 0.05) is 23.5 Å². The quantitative estimate of drug-likeness (QED) is 0.886. The zero-order chi connectivity index (χ0) is 18.1. The Morgan fingerprint density at radius 3 is 2.62 bits per heavy atom. The van der Waals surface area contributed by atoms with Crippen LogP contribution < -0.4 is 5.32 Å². The highest BCUT2D eigenvalue weighted by Gasteiger charge is 2.43. The molecule has 0 spiro atoms. The SMILES string of the molecule is CN1C(=O)c2ccccc2[C@@H](C(=O)NC2CCCCC2)[C@H]1c1cccs1. The van der Waals surface area contributed by atoms with Crippen LogP contribution in [-0.4, -0.2) is 29.8 Å². The van der Waals surface area contributed by atoms with Gasteiger partial charge in [-0.15, -0.1) is 11.3 Å². The standard InChI is InChI=1S/C21H24N2O2S/c1-23-19(17-12-7-13-26-17)18(15-10-5-6-11-16(15)21(23)25)20(24)22-14-8-3-2-4-9-14/h5-7,10-14,18-19H,2-4,8-9H2,1H3,(H,22,24)/t18-,19-/m1/s1. The van der Waals surface area contributed by atoms with Crippen LogP contribution in [0.4, 0.5) is 0 Å². The molecule has 1 saturated carbocycles. The first kappa shape index (κ1) is 17.3. The summed E-state index contributed by atoms with van der Waals surface area (Å²) in [6.45, 7) is 0. The predicted octanol–water partition coefficient (Wildman–Crippen LogP) is 4.11. The largest absolute Gasteiger partial charge is 0.353 e. The molecule has 2 atom stereocenters. The van der Waals surface area contributed by atoms with Crippen LogP contribution in [0.2, 0.25) is 0 Å². The topological polar surface area (TPSA) is 49.4 Å². The molecule has 2 heterocycles. The fourth-order valence-corrected chi connectivity index (χ4v) is 5.22. The lowest BCUT2D eigenvalue weighted by atomic mass is 9.81. The number of likely N-dealkylation sites (N-methyl/N-ethyl adjacent to an activating group) is 1. The van der Waals surface area contributed by atoms with Crippen molar-refractivity contribution in [2.45, 2.75) is 50.1 Å². The van der Waals surface area contributed by atoms with Gasteiger partial charge >= 0.3 is 0 Å². The smallest absolute Gasteiger partial charge is 0.254 e. The summed E-state index contributed by atoms with van der Waals surface area (Å²) in [6, 6.07) is 11.6. The summed E-state index contributed by atoms with van der Waals surface area (Å²) in [6.07, 6.45) is 5.72. The molecule has 5 heteroatoms. The minimum atomic E-state index is -0.366. The Kier molecular flexibility index (Phi) is 4.81. The van der Waals surface area contributed by atoms with Crippen molar-refractivity contribution in [3.63, 3.8) is 0 Å². The van der Waals surface area contributed by atoms with E-state index in [0.29, 0.717) is 5.56 Å². The van der Waals surface area contributed by atoms with Crippen molar-refractivity contribution in [2.24, 2.45) is 0 Å². The molecule has 2 aromatic rings. The predicted molar refractivity (Wildman–Crippen MR) is 103 cm³/mol. The lowest BCUT2D eigenvalue weighted by Gasteiger charge is -2.39. The number of thiophene rings is 1. The van der Waals surface area contributed by atoms with Gasteiger partial charge in [-0.05, 0) is 35.9 Å². The van der Waals surface area contributed by atoms with E-state index in [2.05, 4.69) is 5.32 Å². The van der Waals surface area contributed by atoms with Gasteiger partial charge in [0.1, 0.15) is 0 Å². The first-order valence-corrected chi connectivity index (χ1v) is 10.2. The van der Waals surface area contributed by atoms with Gasteiger partial charge in [0.25, 0.3) is 5.91 Å². The average molecular weight is 369 g/mol. The van der Waals surface area contributed by atoms with Crippen LogP contribution in [0.5, 0.6) is 0 Å². The van der Waals surface area contributed by atoms with Crippen LogP contribution in [0.1, 0.15) is 64.9 Å². The molecular weight excluding hydrogens is 344 g/mol. The number of nitrogens with zero attached hydrogens (tertiary/aromatic N) is 1. The monoisotopic (exact) mass is 368 g/mol. The third-order valence-electron chi connectivity index (χ3n) is 5.65. The minimum Gasteiger partial charge on any atom is -0.353 e. The summed E-state index contributed by atoms with van der Waals surface area (Å²) < 4.78 is 0. The molecule has 1 aliphatic heterocycles. The van der Waals surface area contributed by atoms with Crippen LogP contribution in [-0.2, 0) is 4.79 Å². The second-order valence-electron chi connectivity index (χ2n) is 7.28. The molecule has 1 N–H and O–H groups in total. The number of carbonyl (C=O) groups excluding carboxylic acids is 2. The number of carbonyl (C=O) groups is 2. The van der Waals surface area contributed by atoms with E-state index in [1.807, 2.05) is 48.8 Å². The summed E-state index contributed by atoms with van der Waals surface area (Å²) in [4.78, 5) is 29.0. The second-order valence-corrected chi connectivity index (χ2v) is 8.26. The third-order valence-corrected chi connectivity index (χ3v) is 6.59. The number of benzene rings is 1. The number of fused-ring (bicyclic) bond motifs is 1. The van der Waals surface area contributed by atoms with E-state index in [-0.39, 0.29) is 29.8 Å². The fourth-order valence-electron chi connectivity index (χ4n) is 4.31. The number of hydrogen-bond acceptors (Lipinski definition) is 3. The van der Waals surface area contributed by atoms with Gasteiger partial charge < -0.3 is 10.2 Å². The molecule has 0 saturated heterocycles. The van der Waals surface area contributed by atoms with E-state index in [1.54, 1.807) is 16.2 Å². The lowest BCUT2D eigenvalue weighted by Crippen LogP contribution is -2.47. The summed E-state index contributed by atoms with van der Waals surface area (Å²) in [5.74, 6) is -0.336. The van der Waals surface area contributed by atoms with E-state index in [9.17, 15) is 9.59 Å². The summed E-state index contributed by atoms with van der Waals surface area (Å²) in [5.41, 5.74) is 1.49. The molecule has 1 fully saturated rings. The van der Waals surface area contributed by atoms with E-state index in [4.69, 9.17) is 0 Å². The van der Waals surface area contributed by atoms with Crippen molar-refractivity contribution in [3.05, 3.63) is 57.8 Å². The molecule has 4 rings (SSSR count). The number of rotatable bonds is 3. The highest BCUT2D eigenvalue weighted by molar-refractivity contribution is 7.10. The van der Waals surface area contributed by atoms with Gasteiger partial charge in [-0.1, -0.05) is 43.5 Å². The number of nitrogens with one attached hydrogen (secondary N) is 1. The van der Waals surface area contributed by atoms with Gasteiger partial charge in [-0.25, -0.2) is 0 Å². The average Bonchev–Trinajstić information content (AvgIpc) is 3.19. The van der Waals surface area contributed by atoms with Gasteiger partial charge in [-0.3, -0.25) is 9.59 Å². The van der Waals surface area contributed by atoms with Crippen LogP contribution in [0.15, 0.2) is 41.8 Å². The Morgan fingerprint density at radius 2 is 1.88 bits per heavy atom. The van der Waals surface area contributed by atoms with Crippen molar-refractivity contribution in [3.8, 4) is 0 Å². The van der Waals surface area contributed by atoms with Gasteiger partial charge in [0.2, 0.25) is 5.91 Å². The van der Waals surface area contributed by atoms with Crippen molar-refractivity contribution in [1.82, 2.24) is 10.2 Å². The maximum absolute atomic E-state index is 13.3. The Hall–Kier alpha value is -2.14. The molecule has 0 unspecified atom stereocenters. The van der Waals surface area contributed by atoms with E-state index < -0.39 is 0 Å². The van der Waals surface area contributed by atoms with Crippen LogP contribution in [0.25, 0.3) is 0 Å². The fraction of sp³-hybridized carbons (Fsp3) is 0.429. The van der Waals surface area contributed by atoms with Crippen LogP contribution in [0.3, 0.4) is 0 Å². The Bertz CT molecular complexity index is 796. The summed E-state index contributed by atoms with van der Waals surface area (Å²) >= 11 is 1.60. The Labute approximate surface area is 158 Å². The van der Waals surface area contributed by atoms with Gasteiger partial charge in [-0.2, -0.15) is 0 Å². The highest BCUT2D eigenvalue weighted by Crippen LogP contribution is 2.43. The van der Waals surface area contributed by atoms with E-state index in [1.165, 1.54) is 19.3 Å². The third kappa shape index (κ3) is 3.05. The highest BCUT2D eigenvalue weighted by atomic mass is 32.1. The zero-order valence-electron chi connectivity index (χ0n) is 15.0. The molecular formula is C21H24N2O2S. The zero-order valence-corrected chi connectivity index (χ0v) is 15.8. The Balaban J connectivity index is 1.72. The van der Waals surface area contributed by atoms with Crippen molar-refractivity contribution < 1.29 is 9.59 Å². The first-order chi connectivity index (χ1) is 12.7. The molecule has 1 aromatic carbocycles. The molecule has 1 aromatic heterocycles. The first-order valence-electron chi connectivity index (χ1n) is 9.36. The van der Waals surface area contributed by atoms with E-state index in [0.717, 1.165) is 23.3 Å². The summed E-state index contributed by atoms with van der Waals surface area (Å²) in [5, 5.41) is 5.29. The number of hydrogen-bond donors (Lipinski definition) is 1. The van der Waals surface area contributed by atoms with Gasteiger partial charge in [0.15, 0.2) is 0 Å². The second kappa shape index (κ2) is 7.23. The van der Waals surface area contributed by atoms with Crippen molar-refractivity contribution in [1.29, 1.82) is 0 Å². The van der Waals surface area contributed by atoms with Crippen molar-refractivity contribution in [2.75, 3.05) is 7.05 Å². The van der Waals surface area contributed by atoms with Crippen molar-refractivity contribution >= 4 is 23.2 Å². The molecule has 2 amide bonds. The maximum Gasteiger partial charge on any atom is 0.254 e. The number of amides is 2. The van der Waals surface area contributed by atoms with Gasteiger partial charge in [0.05, 0.1) is 12.0 Å². The van der Waals surface area contributed by atoms with E-state index >= 15 is 0 Å². The van der Waals surface area contributed by atoms with Crippen LogP contribution >= 0.6 is 11.3 Å². The molecule has 4 nitrogen and oxygen atoms in total. The molecule has 0 radical (unpaired) electrons. The molecule has 136 valence electrons. The minimum absolute atomic E-state index is 0.0132. The molecule has 26 heavy (non-hydrogen) atoms. The van der Waals surface area contributed by atoms with Crippen LogP contribution in [0, 0.1) is 0 Å². The molecule has 2 aliphatic rings.